The molecule has 20 heteroatoms. The molecule has 2 heterocycles. The summed E-state index contributed by atoms with van der Waals surface area (Å²) in [7, 11) is -16.7. The quantitative estimate of drug-likeness (QED) is 0.174. The third kappa shape index (κ3) is 8.16. The van der Waals surface area contributed by atoms with Gasteiger partial charge >= 0.3 is 23.5 Å². The number of amidine groups is 1. The molecule has 6 atom stereocenters. The monoisotopic (exact) mass is 537 g/mol. The summed E-state index contributed by atoms with van der Waals surface area (Å²) in [4.78, 5) is 52.3. The van der Waals surface area contributed by atoms with Gasteiger partial charge in [0.1, 0.15) is 30.0 Å². The molecule has 1 saturated heterocycles. The Morgan fingerprint density at radius 3 is 2.36 bits per heavy atom. The lowest BCUT2D eigenvalue weighted by Gasteiger charge is -2.30. The van der Waals surface area contributed by atoms with Crippen LogP contribution < -0.4 is 5.32 Å². The molecular weight excluding hydrogens is 515 g/mol. The van der Waals surface area contributed by atoms with Gasteiger partial charge in [-0.15, -0.1) is 0 Å². The molecule has 2 aliphatic rings. The molecule has 0 aromatic heterocycles. The van der Waals surface area contributed by atoms with E-state index in [0.29, 0.717) is 0 Å². The van der Waals surface area contributed by atoms with Crippen LogP contribution in [0.25, 0.3) is 0 Å². The van der Waals surface area contributed by atoms with Crippen LogP contribution in [0, 0.1) is 0 Å². The summed E-state index contributed by atoms with van der Waals surface area (Å²) in [6.45, 7) is 4.32. The van der Waals surface area contributed by atoms with Crippen molar-refractivity contribution in [1.29, 1.82) is 0 Å². The zero-order valence-electron chi connectivity index (χ0n) is 16.8. The molecule has 7 N–H and O–H groups in total. The second kappa shape index (κ2) is 10.5. The van der Waals surface area contributed by atoms with Gasteiger partial charge in [0.15, 0.2) is 6.23 Å². The molecule has 0 aliphatic carbocycles. The lowest BCUT2D eigenvalue weighted by atomic mass is 10.1. The van der Waals surface area contributed by atoms with Crippen molar-refractivity contribution in [1.82, 2.24) is 10.2 Å². The fourth-order valence-electron chi connectivity index (χ4n) is 2.57. The van der Waals surface area contributed by atoms with Crippen molar-refractivity contribution >= 4 is 35.2 Å². The standard InChI is InChI=1S/C13H22N3O14P3/c1-3-10(17)15-9-4-5-16(7(2)14-9)13-12(19)11(18)8(28-13)6-27-32(23,24)30-33(25,26)29-31(20,21)22/h4-5,8,11-13,18-19H,2-3,6H2,1H3,(H,23,24)(H,25,26)(H,14,15,17)(H2,20,21,22). The van der Waals surface area contributed by atoms with Crippen molar-refractivity contribution in [3.8, 4) is 0 Å². The maximum absolute atomic E-state index is 11.8. The molecule has 188 valence electrons. The summed E-state index contributed by atoms with van der Waals surface area (Å²) in [6, 6.07) is 0. The molecule has 1 amide bonds. The van der Waals surface area contributed by atoms with Gasteiger partial charge in [-0.1, -0.05) is 13.5 Å². The molecule has 33 heavy (non-hydrogen) atoms. The summed E-state index contributed by atoms with van der Waals surface area (Å²) in [5.41, 5.74) is 0. The Bertz CT molecular complexity index is 979. The second-order valence-electron chi connectivity index (χ2n) is 6.47. The smallest absolute Gasteiger partial charge is 0.387 e. The molecule has 0 saturated carbocycles. The first-order chi connectivity index (χ1) is 15.0. The molecule has 1 fully saturated rings. The molecular formula is C13H22N3O14P3. The number of nitrogens with zero attached hydrogens (tertiary/aromatic N) is 2. The molecule has 17 nitrogen and oxygen atoms in total. The van der Waals surface area contributed by atoms with Gasteiger partial charge in [0.25, 0.3) is 0 Å². The van der Waals surface area contributed by atoms with E-state index in [1.807, 2.05) is 0 Å². The molecule has 2 aliphatic heterocycles. The van der Waals surface area contributed by atoms with Gasteiger partial charge in [-0.2, -0.15) is 8.62 Å². The number of aliphatic hydroxyl groups is 2. The normalized spacial score (nSPS) is 29.4. The van der Waals surface area contributed by atoms with Gasteiger partial charge in [-0.25, -0.2) is 18.7 Å². The number of rotatable bonds is 9. The molecule has 0 aromatic carbocycles. The zero-order chi connectivity index (χ0) is 25.2. The fourth-order valence-corrected chi connectivity index (χ4v) is 5.60. The van der Waals surface area contributed by atoms with Crippen LogP contribution in [0.3, 0.4) is 0 Å². The average Bonchev–Trinajstić information content (AvgIpc) is 2.92. The Morgan fingerprint density at radius 1 is 1.18 bits per heavy atom. The Hall–Kier alpha value is -1.29. The first kappa shape index (κ1) is 28.0. The number of carbonyl (C=O) groups excluding carboxylic acids is 1. The highest BCUT2D eigenvalue weighted by Gasteiger charge is 2.48. The van der Waals surface area contributed by atoms with Crippen LogP contribution >= 0.6 is 23.5 Å². The highest BCUT2D eigenvalue weighted by molar-refractivity contribution is 7.66. The number of amides is 1. The predicted molar refractivity (Wildman–Crippen MR) is 106 cm³/mol. The average molecular weight is 537 g/mol. The zero-order valence-corrected chi connectivity index (χ0v) is 19.5. The first-order valence-electron chi connectivity index (χ1n) is 8.87. The summed E-state index contributed by atoms with van der Waals surface area (Å²) in [6.07, 6.45) is -3.16. The molecule has 2 rings (SSSR count). The molecule has 0 aromatic rings. The van der Waals surface area contributed by atoms with E-state index < -0.39 is 54.6 Å². The van der Waals surface area contributed by atoms with Crippen LogP contribution in [0.15, 0.2) is 29.7 Å². The van der Waals surface area contributed by atoms with Crippen LogP contribution in [-0.2, 0) is 36.4 Å². The van der Waals surface area contributed by atoms with Gasteiger partial charge in [0.05, 0.1) is 6.61 Å². The number of nitrogens with one attached hydrogen (secondary N) is 1. The van der Waals surface area contributed by atoms with E-state index in [2.05, 4.69) is 30.0 Å². The van der Waals surface area contributed by atoms with Gasteiger partial charge in [0.2, 0.25) is 5.91 Å². The van der Waals surface area contributed by atoms with Gasteiger partial charge in [-0.3, -0.25) is 9.32 Å². The van der Waals surface area contributed by atoms with Crippen LogP contribution in [-0.4, -0.2) is 77.6 Å². The largest absolute Gasteiger partial charge is 0.490 e. The van der Waals surface area contributed by atoms with Crippen molar-refractivity contribution in [2.75, 3.05) is 6.61 Å². The van der Waals surface area contributed by atoms with Gasteiger partial charge < -0.3 is 44.7 Å². The van der Waals surface area contributed by atoms with E-state index in [0.717, 1.165) is 0 Å². The van der Waals surface area contributed by atoms with Crippen LogP contribution in [0.4, 0.5) is 0 Å². The highest BCUT2D eigenvalue weighted by atomic mass is 31.3. The maximum Gasteiger partial charge on any atom is 0.490 e. The number of aliphatic hydroxyl groups excluding tert-OH is 2. The number of hydrogen-bond donors (Lipinski definition) is 7. The fraction of sp³-hybridized carbons (Fsp3) is 0.538. The first-order valence-corrected chi connectivity index (χ1v) is 13.4. The minimum Gasteiger partial charge on any atom is -0.387 e. The van der Waals surface area contributed by atoms with E-state index >= 15 is 0 Å². The molecule has 6 unspecified atom stereocenters. The van der Waals surface area contributed by atoms with E-state index in [4.69, 9.17) is 19.4 Å². The minimum absolute atomic E-state index is 0.00805. The van der Waals surface area contributed by atoms with E-state index in [9.17, 15) is 33.6 Å². The van der Waals surface area contributed by atoms with Gasteiger partial charge in [0, 0.05) is 12.6 Å². The van der Waals surface area contributed by atoms with Gasteiger partial charge in [-0.05, 0) is 6.08 Å². The maximum atomic E-state index is 11.8. The Morgan fingerprint density at radius 2 is 1.82 bits per heavy atom. The Kier molecular flexibility index (Phi) is 8.93. The van der Waals surface area contributed by atoms with E-state index in [-0.39, 0.29) is 24.0 Å². The summed E-state index contributed by atoms with van der Waals surface area (Å²) in [5, 5.41) is 22.9. The van der Waals surface area contributed by atoms with E-state index in [1.165, 1.54) is 17.2 Å². The molecule has 0 radical (unpaired) electrons. The number of carbonyl (C=O) groups is 1. The summed E-state index contributed by atoms with van der Waals surface area (Å²) >= 11 is 0. The third-order valence-electron chi connectivity index (χ3n) is 3.96. The van der Waals surface area contributed by atoms with Crippen LogP contribution in [0.5, 0.6) is 0 Å². The van der Waals surface area contributed by atoms with Crippen molar-refractivity contribution in [2.24, 2.45) is 4.99 Å². The second-order valence-corrected chi connectivity index (χ2v) is 10.9. The number of aliphatic imine (C=N–C) groups is 1. The minimum atomic E-state index is -5.71. The van der Waals surface area contributed by atoms with Crippen molar-refractivity contribution in [2.45, 2.75) is 37.9 Å². The predicted octanol–water partition coefficient (Wildman–Crippen LogP) is -0.998. The summed E-state index contributed by atoms with van der Waals surface area (Å²) in [5.74, 6) is -0.132. The number of phosphoric ester groups is 1. The van der Waals surface area contributed by atoms with Crippen LogP contribution in [0.2, 0.25) is 0 Å². The Balaban J connectivity index is 1.99. The third-order valence-corrected chi connectivity index (χ3v) is 7.76. The lowest BCUT2D eigenvalue weighted by Crippen LogP contribution is -2.42. The number of hydrogen-bond acceptors (Lipinski definition) is 12. The topological polar surface area (TPSA) is 254 Å². The summed E-state index contributed by atoms with van der Waals surface area (Å²) < 4.78 is 50.7. The highest BCUT2D eigenvalue weighted by Crippen LogP contribution is 2.66. The van der Waals surface area contributed by atoms with Crippen molar-refractivity contribution in [3.05, 3.63) is 24.7 Å². The molecule has 0 bridgehead atoms. The van der Waals surface area contributed by atoms with E-state index in [1.54, 1.807) is 6.92 Å². The van der Waals surface area contributed by atoms with Crippen molar-refractivity contribution in [3.63, 3.8) is 0 Å². The Labute approximate surface area is 186 Å². The number of ether oxygens (including phenoxy) is 1. The number of phosphoric acid groups is 3. The van der Waals surface area contributed by atoms with Crippen LogP contribution in [0.1, 0.15) is 13.3 Å². The molecule has 0 spiro atoms. The van der Waals surface area contributed by atoms with Crippen molar-refractivity contribution < 1.29 is 66.2 Å². The SMILES string of the molecule is C=C1N=C(NC(=O)CC)C=CN1C1OC(COP(=O)(O)OP(=O)(O)OP(=O)(O)O)C(O)C1O. The lowest BCUT2D eigenvalue weighted by molar-refractivity contribution is -0.119.